The minimum Gasteiger partial charge on any atom is -0.394 e. The van der Waals surface area contributed by atoms with Gasteiger partial charge >= 0.3 is 0 Å². The highest BCUT2D eigenvalue weighted by molar-refractivity contribution is 5.76. The Morgan fingerprint density at radius 3 is 1.14 bits per heavy atom. The van der Waals surface area contributed by atoms with E-state index in [4.69, 9.17) is 9.47 Å². The molecule has 71 heavy (non-hydrogen) atoms. The van der Waals surface area contributed by atoms with Gasteiger partial charge in [0.05, 0.1) is 25.4 Å². The lowest BCUT2D eigenvalue weighted by Crippen LogP contribution is -2.60. The van der Waals surface area contributed by atoms with Crippen molar-refractivity contribution in [1.82, 2.24) is 5.32 Å². The second-order valence-corrected chi connectivity index (χ2v) is 21.9. The van der Waals surface area contributed by atoms with E-state index in [1.807, 2.05) is 6.08 Å². The molecule has 420 valence electrons. The van der Waals surface area contributed by atoms with Crippen LogP contribution in [0.3, 0.4) is 0 Å². The fraction of sp³-hybridized carbons (Fsp3) is 0.919. The number of rotatable bonds is 54. The molecule has 0 spiro atoms. The minimum absolute atomic E-state index is 0.182. The van der Waals surface area contributed by atoms with E-state index in [1.54, 1.807) is 6.08 Å². The zero-order chi connectivity index (χ0) is 51.5. The van der Waals surface area contributed by atoms with Gasteiger partial charge in [-0.25, -0.2) is 0 Å². The Kier molecular flexibility index (Phi) is 49.7. The minimum atomic E-state index is -1.57. The second kappa shape index (κ2) is 52.1. The summed E-state index contributed by atoms with van der Waals surface area (Å²) in [5.41, 5.74) is 0. The summed E-state index contributed by atoms with van der Waals surface area (Å²) in [7, 11) is 0. The molecule has 9 nitrogen and oxygen atoms in total. The Labute approximate surface area is 439 Å². The smallest absolute Gasteiger partial charge is 0.220 e. The summed E-state index contributed by atoms with van der Waals surface area (Å²) in [6.45, 7) is 3.80. The summed E-state index contributed by atoms with van der Waals surface area (Å²) >= 11 is 0. The van der Waals surface area contributed by atoms with Crippen LogP contribution in [0.4, 0.5) is 0 Å². The van der Waals surface area contributed by atoms with Crippen LogP contribution >= 0.6 is 0 Å². The number of allylic oxidation sites excluding steroid dienone is 3. The Morgan fingerprint density at radius 1 is 0.465 bits per heavy atom. The maximum absolute atomic E-state index is 13.0. The first-order valence-corrected chi connectivity index (χ1v) is 31.1. The molecular formula is C62H119NO8. The first-order chi connectivity index (χ1) is 34.8. The number of carbonyl (C=O) groups is 1. The molecule has 1 rings (SSSR count). The molecule has 0 aromatic carbocycles. The molecule has 1 heterocycles. The predicted octanol–water partition coefficient (Wildman–Crippen LogP) is 15.7. The van der Waals surface area contributed by atoms with Crippen LogP contribution in [0.5, 0.6) is 0 Å². The lowest BCUT2D eigenvalue weighted by atomic mass is 9.99. The highest BCUT2D eigenvalue weighted by Gasteiger charge is 2.44. The van der Waals surface area contributed by atoms with E-state index in [1.165, 1.54) is 231 Å². The van der Waals surface area contributed by atoms with Crippen molar-refractivity contribution in [2.24, 2.45) is 0 Å². The highest BCUT2D eigenvalue weighted by atomic mass is 16.7. The lowest BCUT2D eigenvalue weighted by molar-refractivity contribution is -0.302. The summed E-state index contributed by atoms with van der Waals surface area (Å²) in [6, 6.07) is -0.808. The van der Waals surface area contributed by atoms with Crippen LogP contribution < -0.4 is 5.32 Å². The van der Waals surface area contributed by atoms with Gasteiger partial charge in [0.1, 0.15) is 24.4 Å². The Bertz CT molecular complexity index is 1170. The van der Waals surface area contributed by atoms with Crippen LogP contribution in [-0.4, -0.2) is 87.5 Å². The fourth-order valence-corrected chi connectivity index (χ4v) is 10.1. The number of unbranched alkanes of at least 4 members (excludes halogenated alkanes) is 42. The Morgan fingerprint density at radius 2 is 0.789 bits per heavy atom. The predicted molar refractivity (Wildman–Crippen MR) is 300 cm³/mol. The summed E-state index contributed by atoms with van der Waals surface area (Å²) in [5.74, 6) is -0.182. The molecule has 7 unspecified atom stereocenters. The molecule has 0 aromatic heterocycles. The molecule has 1 aliphatic heterocycles. The molecular weight excluding hydrogens is 887 g/mol. The van der Waals surface area contributed by atoms with Crippen molar-refractivity contribution in [2.75, 3.05) is 13.2 Å². The molecule has 6 N–H and O–H groups in total. The third kappa shape index (κ3) is 41.6. The molecule has 1 aliphatic rings. The van der Waals surface area contributed by atoms with Gasteiger partial charge in [0.15, 0.2) is 6.29 Å². The molecule has 1 saturated heterocycles. The van der Waals surface area contributed by atoms with Crippen molar-refractivity contribution in [2.45, 2.75) is 352 Å². The standard InChI is InChI=1S/C62H119NO8/c1-3-5-7-9-11-13-15-17-19-20-21-22-23-24-25-26-27-28-29-30-31-32-33-34-35-36-38-39-41-43-45-47-49-51-56(65)55(54-70-62-61(69)60(68)59(67)57(53-64)71-62)63-58(66)52-50-48-46-44-42-40-37-18-16-14-12-10-8-6-4-2/h18,37,49,51,55-57,59-62,64-65,67-69H,3-17,19-36,38-48,50,52-54H2,1-2H3,(H,63,66)/b37-18-,51-49+. The number of hydrogen-bond acceptors (Lipinski definition) is 8. The van der Waals surface area contributed by atoms with E-state index in [-0.39, 0.29) is 12.5 Å². The van der Waals surface area contributed by atoms with Gasteiger partial charge in [-0.1, -0.05) is 282 Å². The quantitative estimate of drug-likeness (QED) is 0.0261. The molecule has 9 heteroatoms. The molecule has 1 amide bonds. The van der Waals surface area contributed by atoms with Crippen LogP contribution in [0.2, 0.25) is 0 Å². The fourth-order valence-electron chi connectivity index (χ4n) is 10.1. The molecule has 0 saturated carbocycles. The summed E-state index contributed by atoms with van der Waals surface area (Å²) in [5, 5.41) is 54.5. The van der Waals surface area contributed by atoms with Gasteiger partial charge in [0, 0.05) is 6.42 Å². The van der Waals surface area contributed by atoms with Gasteiger partial charge in [-0.15, -0.1) is 0 Å². The normalized spacial score (nSPS) is 19.3. The summed E-state index contributed by atoms with van der Waals surface area (Å²) in [6.07, 6.45) is 59.9. The number of aliphatic hydroxyl groups is 5. The van der Waals surface area contributed by atoms with Crippen molar-refractivity contribution in [3.63, 3.8) is 0 Å². The topological polar surface area (TPSA) is 149 Å². The second-order valence-electron chi connectivity index (χ2n) is 21.9. The van der Waals surface area contributed by atoms with Crippen molar-refractivity contribution in [3.05, 3.63) is 24.3 Å². The Balaban J connectivity index is 2.12. The zero-order valence-electron chi connectivity index (χ0n) is 46.8. The number of carbonyl (C=O) groups excluding carboxylic acids is 1. The third-order valence-corrected chi connectivity index (χ3v) is 15.0. The molecule has 0 aliphatic carbocycles. The third-order valence-electron chi connectivity index (χ3n) is 15.0. The Hall–Kier alpha value is -1.33. The SMILES string of the molecule is CCCCCCCC/C=C\CCCCCCCC(=O)NC(COC1OC(CO)C(O)C(O)C1O)C(O)/C=C/CCCCCCCCCCCCCCCCCCCCCCCCCCCCCCCCC. The molecule has 1 fully saturated rings. The largest absolute Gasteiger partial charge is 0.394 e. The maximum Gasteiger partial charge on any atom is 0.220 e. The summed E-state index contributed by atoms with van der Waals surface area (Å²) in [4.78, 5) is 13.0. The number of nitrogens with one attached hydrogen (secondary N) is 1. The van der Waals surface area contributed by atoms with E-state index in [0.717, 1.165) is 57.8 Å². The van der Waals surface area contributed by atoms with Crippen LogP contribution in [0.15, 0.2) is 24.3 Å². The monoisotopic (exact) mass is 1010 g/mol. The van der Waals surface area contributed by atoms with Crippen LogP contribution in [0.1, 0.15) is 309 Å². The molecule has 0 aromatic rings. The van der Waals surface area contributed by atoms with Crippen molar-refractivity contribution < 1.29 is 39.8 Å². The number of amides is 1. The first kappa shape index (κ1) is 67.7. The van der Waals surface area contributed by atoms with Gasteiger partial charge < -0.3 is 40.3 Å². The van der Waals surface area contributed by atoms with Crippen molar-refractivity contribution in [3.8, 4) is 0 Å². The van der Waals surface area contributed by atoms with Crippen LogP contribution in [0.25, 0.3) is 0 Å². The van der Waals surface area contributed by atoms with E-state index < -0.39 is 49.5 Å². The van der Waals surface area contributed by atoms with Gasteiger partial charge in [-0.2, -0.15) is 0 Å². The van der Waals surface area contributed by atoms with Gasteiger partial charge in [0.2, 0.25) is 5.91 Å². The van der Waals surface area contributed by atoms with Crippen LogP contribution in [0, 0.1) is 0 Å². The van der Waals surface area contributed by atoms with Gasteiger partial charge in [-0.3, -0.25) is 4.79 Å². The molecule has 0 radical (unpaired) electrons. The van der Waals surface area contributed by atoms with E-state index in [0.29, 0.717) is 6.42 Å². The van der Waals surface area contributed by atoms with Crippen molar-refractivity contribution >= 4 is 5.91 Å². The van der Waals surface area contributed by atoms with E-state index in [9.17, 15) is 30.3 Å². The number of ether oxygens (including phenoxy) is 2. The lowest BCUT2D eigenvalue weighted by Gasteiger charge is -2.40. The van der Waals surface area contributed by atoms with Gasteiger partial charge in [-0.05, 0) is 44.9 Å². The maximum atomic E-state index is 13.0. The molecule has 7 atom stereocenters. The van der Waals surface area contributed by atoms with E-state index in [2.05, 4.69) is 31.3 Å². The average Bonchev–Trinajstić information content (AvgIpc) is 3.37. The first-order valence-electron chi connectivity index (χ1n) is 31.1. The van der Waals surface area contributed by atoms with Gasteiger partial charge in [0.25, 0.3) is 0 Å². The molecule has 0 bridgehead atoms. The van der Waals surface area contributed by atoms with Crippen molar-refractivity contribution in [1.29, 1.82) is 0 Å². The highest BCUT2D eigenvalue weighted by Crippen LogP contribution is 2.23. The summed E-state index contributed by atoms with van der Waals surface area (Å²) < 4.78 is 11.3. The number of aliphatic hydroxyl groups excluding tert-OH is 5. The zero-order valence-corrected chi connectivity index (χ0v) is 46.8. The van der Waals surface area contributed by atoms with E-state index >= 15 is 0 Å². The van der Waals surface area contributed by atoms with Crippen LogP contribution in [-0.2, 0) is 14.3 Å². The number of hydrogen-bond donors (Lipinski definition) is 6. The average molecular weight is 1010 g/mol.